The van der Waals surface area contributed by atoms with Crippen molar-refractivity contribution < 1.29 is 14.3 Å². The molecule has 0 bridgehead atoms. The molecule has 1 unspecified atom stereocenters. The number of ketones is 1. The highest BCUT2D eigenvalue weighted by Crippen LogP contribution is 2.02. The van der Waals surface area contributed by atoms with Gasteiger partial charge in [0.25, 0.3) is 0 Å². The van der Waals surface area contributed by atoms with Gasteiger partial charge in [-0.15, -0.1) is 0 Å². The SMILES string of the molecule is CC(=O)OCCC(C)C(C)=O. The van der Waals surface area contributed by atoms with Crippen molar-refractivity contribution in [2.24, 2.45) is 5.92 Å². The van der Waals surface area contributed by atoms with Crippen molar-refractivity contribution in [1.29, 1.82) is 0 Å². The van der Waals surface area contributed by atoms with Crippen LogP contribution in [0, 0.1) is 5.92 Å². The predicted molar refractivity (Wildman–Crippen MR) is 41.1 cm³/mol. The van der Waals surface area contributed by atoms with Gasteiger partial charge in [-0.1, -0.05) is 6.92 Å². The van der Waals surface area contributed by atoms with Gasteiger partial charge in [-0.2, -0.15) is 0 Å². The zero-order chi connectivity index (χ0) is 8.85. The van der Waals surface area contributed by atoms with Crippen molar-refractivity contribution in [2.45, 2.75) is 27.2 Å². The molecule has 64 valence electrons. The molecular formula is C8H14O3. The van der Waals surface area contributed by atoms with E-state index in [1.54, 1.807) is 6.92 Å². The Bertz CT molecular complexity index is 151. The maximum Gasteiger partial charge on any atom is 0.302 e. The number of ether oxygens (including phenoxy) is 1. The van der Waals surface area contributed by atoms with Crippen LogP contribution < -0.4 is 0 Å². The zero-order valence-corrected chi connectivity index (χ0v) is 7.22. The Morgan fingerprint density at radius 1 is 1.36 bits per heavy atom. The monoisotopic (exact) mass is 158 g/mol. The molecule has 11 heavy (non-hydrogen) atoms. The first-order valence-electron chi connectivity index (χ1n) is 3.68. The Labute approximate surface area is 66.7 Å². The number of Topliss-reactive ketones (excluding diaryl/α,β-unsaturated/α-hetero) is 1. The first-order valence-corrected chi connectivity index (χ1v) is 3.68. The summed E-state index contributed by atoms with van der Waals surface area (Å²) in [6, 6.07) is 0. The lowest BCUT2D eigenvalue weighted by Gasteiger charge is -2.06. The van der Waals surface area contributed by atoms with Gasteiger partial charge in [0, 0.05) is 12.8 Å². The summed E-state index contributed by atoms with van der Waals surface area (Å²) < 4.78 is 4.67. The minimum Gasteiger partial charge on any atom is -0.466 e. The average Bonchev–Trinajstić information content (AvgIpc) is 1.86. The molecule has 1 atom stereocenters. The summed E-state index contributed by atoms with van der Waals surface area (Å²) in [6.45, 7) is 5.07. The van der Waals surface area contributed by atoms with E-state index in [-0.39, 0.29) is 17.7 Å². The van der Waals surface area contributed by atoms with Gasteiger partial charge in [0.15, 0.2) is 0 Å². The van der Waals surface area contributed by atoms with Crippen molar-refractivity contribution >= 4 is 11.8 Å². The van der Waals surface area contributed by atoms with Gasteiger partial charge in [-0.3, -0.25) is 9.59 Å². The number of hydrogen-bond donors (Lipinski definition) is 0. The van der Waals surface area contributed by atoms with E-state index < -0.39 is 0 Å². The smallest absolute Gasteiger partial charge is 0.302 e. The van der Waals surface area contributed by atoms with Crippen molar-refractivity contribution in [3.8, 4) is 0 Å². The van der Waals surface area contributed by atoms with Crippen LogP contribution in [0.2, 0.25) is 0 Å². The maximum atomic E-state index is 10.7. The lowest BCUT2D eigenvalue weighted by atomic mass is 10.1. The second-order valence-corrected chi connectivity index (χ2v) is 2.64. The first kappa shape index (κ1) is 10.1. The normalized spacial score (nSPS) is 12.3. The van der Waals surface area contributed by atoms with Crippen LogP contribution in [-0.4, -0.2) is 18.4 Å². The average molecular weight is 158 g/mol. The summed E-state index contributed by atoms with van der Waals surface area (Å²) in [6.07, 6.45) is 0.620. The largest absolute Gasteiger partial charge is 0.466 e. The number of hydrogen-bond acceptors (Lipinski definition) is 3. The molecule has 0 saturated heterocycles. The van der Waals surface area contributed by atoms with Crippen LogP contribution in [0.15, 0.2) is 0 Å². The second-order valence-electron chi connectivity index (χ2n) is 2.64. The zero-order valence-electron chi connectivity index (χ0n) is 7.22. The quantitative estimate of drug-likeness (QED) is 0.577. The van der Waals surface area contributed by atoms with E-state index in [9.17, 15) is 9.59 Å². The van der Waals surface area contributed by atoms with E-state index in [1.807, 2.05) is 6.92 Å². The molecule has 0 radical (unpaired) electrons. The molecule has 0 fully saturated rings. The number of rotatable bonds is 4. The third-order valence-electron chi connectivity index (χ3n) is 1.55. The Kier molecular flexibility index (Phi) is 4.50. The fourth-order valence-electron chi connectivity index (χ4n) is 0.583. The summed E-state index contributed by atoms with van der Waals surface area (Å²) >= 11 is 0. The van der Waals surface area contributed by atoms with Crippen LogP contribution in [0.1, 0.15) is 27.2 Å². The van der Waals surface area contributed by atoms with Crippen molar-refractivity contribution in [3.63, 3.8) is 0 Å². The van der Waals surface area contributed by atoms with Crippen LogP contribution in [0.25, 0.3) is 0 Å². The van der Waals surface area contributed by atoms with Crippen LogP contribution in [0.5, 0.6) is 0 Å². The highest BCUT2D eigenvalue weighted by molar-refractivity contribution is 5.77. The van der Waals surface area contributed by atoms with Crippen molar-refractivity contribution in [3.05, 3.63) is 0 Å². The predicted octanol–water partition coefficient (Wildman–Crippen LogP) is 1.16. The lowest BCUT2D eigenvalue weighted by molar-refractivity contribution is -0.141. The molecule has 0 aromatic heterocycles. The summed E-state index contributed by atoms with van der Waals surface area (Å²) in [7, 11) is 0. The highest BCUT2D eigenvalue weighted by atomic mass is 16.5. The van der Waals surface area contributed by atoms with Crippen molar-refractivity contribution in [1.82, 2.24) is 0 Å². The molecule has 0 saturated carbocycles. The number of esters is 1. The van der Waals surface area contributed by atoms with Crippen LogP contribution >= 0.6 is 0 Å². The molecule has 0 spiro atoms. The Balaban J connectivity index is 3.39. The van der Waals surface area contributed by atoms with Gasteiger partial charge in [0.1, 0.15) is 5.78 Å². The Morgan fingerprint density at radius 3 is 2.27 bits per heavy atom. The Morgan fingerprint density at radius 2 is 1.91 bits per heavy atom. The lowest BCUT2D eigenvalue weighted by Crippen LogP contribution is -2.11. The van der Waals surface area contributed by atoms with Gasteiger partial charge in [0.05, 0.1) is 6.61 Å². The molecule has 0 aliphatic carbocycles. The van der Waals surface area contributed by atoms with Crippen LogP contribution in [0.3, 0.4) is 0 Å². The highest BCUT2D eigenvalue weighted by Gasteiger charge is 2.07. The molecule has 0 N–H and O–H groups in total. The van der Waals surface area contributed by atoms with E-state index in [0.717, 1.165) is 0 Å². The van der Waals surface area contributed by atoms with E-state index in [2.05, 4.69) is 4.74 Å². The number of carbonyl (C=O) groups is 2. The van der Waals surface area contributed by atoms with Gasteiger partial charge >= 0.3 is 5.97 Å². The molecule has 0 amide bonds. The molecule has 0 heterocycles. The third kappa shape index (κ3) is 5.58. The summed E-state index contributed by atoms with van der Waals surface area (Å²) in [5, 5.41) is 0. The van der Waals surface area contributed by atoms with Crippen LogP contribution in [-0.2, 0) is 14.3 Å². The molecule has 3 nitrogen and oxygen atoms in total. The molecule has 0 aromatic carbocycles. The maximum absolute atomic E-state index is 10.7. The molecule has 0 aromatic rings. The first-order chi connectivity index (χ1) is 5.04. The minimum absolute atomic E-state index is 0.00523. The topological polar surface area (TPSA) is 43.4 Å². The van der Waals surface area contributed by atoms with E-state index >= 15 is 0 Å². The minimum atomic E-state index is -0.291. The van der Waals surface area contributed by atoms with E-state index in [0.29, 0.717) is 13.0 Å². The van der Waals surface area contributed by atoms with Gasteiger partial charge in [-0.05, 0) is 13.3 Å². The van der Waals surface area contributed by atoms with Gasteiger partial charge in [-0.25, -0.2) is 0 Å². The molecule has 0 aliphatic heterocycles. The van der Waals surface area contributed by atoms with E-state index in [4.69, 9.17) is 0 Å². The summed E-state index contributed by atoms with van der Waals surface area (Å²) in [5.74, 6) is -0.160. The fraction of sp³-hybridized carbons (Fsp3) is 0.750. The molecular weight excluding hydrogens is 144 g/mol. The standard InChI is InChI=1S/C8H14O3/c1-6(7(2)9)4-5-11-8(3)10/h6H,4-5H2,1-3H3. The van der Waals surface area contributed by atoms with Crippen molar-refractivity contribution in [2.75, 3.05) is 6.61 Å². The fourth-order valence-corrected chi connectivity index (χ4v) is 0.583. The summed E-state index contributed by atoms with van der Waals surface area (Å²) in [4.78, 5) is 21.0. The van der Waals surface area contributed by atoms with Crippen LogP contribution in [0.4, 0.5) is 0 Å². The second kappa shape index (κ2) is 4.88. The van der Waals surface area contributed by atoms with Gasteiger partial charge < -0.3 is 4.74 Å². The molecule has 0 aliphatic rings. The summed E-state index contributed by atoms with van der Waals surface area (Å²) in [5.41, 5.74) is 0. The number of carbonyl (C=O) groups excluding carboxylic acids is 2. The Hall–Kier alpha value is -0.860. The van der Waals surface area contributed by atoms with E-state index in [1.165, 1.54) is 6.92 Å². The molecule has 0 rings (SSSR count). The third-order valence-corrected chi connectivity index (χ3v) is 1.55. The molecule has 3 heteroatoms. The van der Waals surface area contributed by atoms with Gasteiger partial charge in [0.2, 0.25) is 0 Å².